The third-order valence-corrected chi connectivity index (χ3v) is 5.98. The zero-order chi connectivity index (χ0) is 15.6. The van der Waals surface area contributed by atoms with Crippen molar-refractivity contribution < 1.29 is 17.9 Å². The Balaban J connectivity index is 2.53. The molecule has 0 saturated carbocycles. The van der Waals surface area contributed by atoms with Gasteiger partial charge in [-0.25, -0.2) is 8.42 Å². The molecule has 6 nitrogen and oxygen atoms in total. The predicted octanol–water partition coefficient (Wildman–Crippen LogP) is 1.07. The van der Waals surface area contributed by atoms with Gasteiger partial charge in [-0.3, -0.25) is 0 Å². The molecule has 0 spiro atoms. The highest BCUT2D eigenvalue weighted by Gasteiger charge is 2.37. The maximum Gasteiger partial charge on any atom is 0.250 e. The molecule has 0 amide bonds. The van der Waals surface area contributed by atoms with Gasteiger partial charge in [-0.05, 0) is 26.0 Å². The van der Waals surface area contributed by atoms with Gasteiger partial charge in [0.2, 0.25) is 0 Å². The summed E-state index contributed by atoms with van der Waals surface area (Å²) in [4.78, 5) is 0.0935. The van der Waals surface area contributed by atoms with E-state index in [1.165, 1.54) is 18.5 Å². The van der Waals surface area contributed by atoms with E-state index in [4.69, 9.17) is 9.47 Å². The van der Waals surface area contributed by atoms with Gasteiger partial charge in [0.1, 0.15) is 11.5 Å². The van der Waals surface area contributed by atoms with Gasteiger partial charge >= 0.3 is 0 Å². The van der Waals surface area contributed by atoms with Crippen LogP contribution in [0.2, 0.25) is 0 Å². The molecule has 1 N–H and O–H groups in total. The first-order valence-electron chi connectivity index (χ1n) is 6.89. The summed E-state index contributed by atoms with van der Waals surface area (Å²) in [6, 6.07) is 4.92. The average molecular weight is 314 g/mol. The topological polar surface area (TPSA) is 67.9 Å². The van der Waals surface area contributed by atoms with E-state index in [-0.39, 0.29) is 17.0 Å². The van der Waals surface area contributed by atoms with Crippen LogP contribution in [-0.4, -0.2) is 52.1 Å². The van der Waals surface area contributed by atoms with Crippen molar-refractivity contribution in [2.75, 3.05) is 27.3 Å². The number of hydrogen-bond acceptors (Lipinski definition) is 5. The van der Waals surface area contributed by atoms with E-state index in [0.29, 0.717) is 24.6 Å². The van der Waals surface area contributed by atoms with Gasteiger partial charge in [0.05, 0.1) is 14.2 Å². The molecule has 1 saturated heterocycles. The van der Waals surface area contributed by atoms with Crippen LogP contribution in [0.1, 0.15) is 13.8 Å². The Morgan fingerprint density at radius 2 is 1.76 bits per heavy atom. The summed E-state index contributed by atoms with van der Waals surface area (Å²) in [5.41, 5.74) is 0. The van der Waals surface area contributed by atoms with Gasteiger partial charge in [-0.1, -0.05) is 6.07 Å². The van der Waals surface area contributed by atoms with E-state index < -0.39 is 10.0 Å². The van der Waals surface area contributed by atoms with Gasteiger partial charge in [-0.15, -0.1) is 0 Å². The van der Waals surface area contributed by atoms with Crippen LogP contribution in [-0.2, 0) is 10.0 Å². The molecule has 1 heterocycles. The van der Waals surface area contributed by atoms with E-state index >= 15 is 0 Å². The van der Waals surface area contributed by atoms with Crippen LogP contribution in [0.4, 0.5) is 0 Å². The summed E-state index contributed by atoms with van der Waals surface area (Å²) in [7, 11) is -0.774. The molecule has 1 aromatic carbocycles. The Bertz CT molecular complexity index is 581. The molecule has 7 heteroatoms. The summed E-state index contributed by atoms with van der Waals surface area (Å²) in [6.45, 7) is 4.93. The monoisotopic (exact) mass is 314 g/mol. The fourth-order valence-electron chi connectivity index (χ4n) is 2.55. The fourth-order valence-corrected chi connectivity index (χ4v) is 4.55. The van der Waals surface area contributed by atoms with Crippen molar-refractivity contribution in [1.82, 2.24) is 9.62 Å². The molecule has 118 valence electrons. The number of nitrogens with zero attached hydrogens (tertiary/aromatic N) is 1. The highest BCUT2D eigenvalue weighted by atomic mass is 32.2. The molecule has 2 atom stereocenters. The van der Waals surface area contributed by atoms with Crippen molar-refractivity contribution >= 4 is 10.0 Å². The lowest BCUT2D eigenvalue weighted by Gasteiger charge is -2.37. The van der Waals surface area contributed by atoms with E-state index in [0.717, 1.165) is 0 Å². The molecule has 0 aromatic heterocycles. The molecule has 0 bridgehead atoms. The summed E-state index contributed by atoms with van der Waals surface area (Å²) < 4.78 is 38.0. The zero-order valence-corrected chi connectivity index (χ0v) is 13.6. The smallest absolute Gasteiger partial charge is 0.250 e. The molecule has 1 aromatic rings. The Hall–Kier alpha value is -1.31. The van der Waals surface area contributed by atoms with Gasteiger partial charge in [0.25, 0.3) is 10.0 Å². The number of benzene rings is 1. The molecular formula is C14H22N2O4S. The summed E-state index contributed by atoms with van der Waals surface area (Å²) in [6.07, 6.45) is 0. The molecule has 1 aliphatic rings. The third-order valence-electron chi connectivity index (χ3n) is 3.93. The Morgan fingerprint density at radius 1 is 1.19 bits per heavy atom. The van der Waals surface area contributed by atoms with Crippen LogP contribution in [0.5, 0.6) is 11.5 Å². The number of sulfonamides is 1. The molecule has 2 unspecified atom stereocenters. The second kappa shape index (κ2) is 6.21. The number of piperazine rings is 1. The fraction of sp³-hybridized carbons (Fsp3) is 0.571. The lowest BCUT2D eigenvalue weighted by molar-refractivity contribution is 0.231. The van der Waals surface area contributed by atoms with Crippen LogP contribution >= 0.6 is 0 Å². The highest BCUT2D eigenvalue weighted by Crippen LogP contribution is 2.36. The number of nitrogens with one attached hydrogen (secondary N) is 1. The zero-order valence-electron chi connectivity index (χ0n) is 12.8. The van der Waals surface area contributed by atoms with E-state index in [1.807, 2.05) is 13.8 Å². The minimum absolute atomic E-state index is 0.0919. The molecule has 2 rings (SSSR count). The second-order valence-corrected chi connectivity index (χ2v) is 6.92. The van der Waals surface area contributed by atoms with Crippen molar-refractivity contribution in [3.05, 3.63) is 18.2 Å². The van der Waals surface area contributed by atoms with Gasteiger partial charge in [0, 0.05) is 25.2 Å². The molecule has 21 heavy (non-hydrogen) atoms. The lowest BCUT2D eigenvalue weighted by Crippen LogP contribution is -2.57. The Kier molecular flexibility index (Phi) is 4.75. The summed E-state index contributed by atoms with van der Waals surface area (Å²) >= 11 is 0. The Labute approximate surface area is 126 Å². The number of rotatable bonds is 4. The first-order valence-corrected chi connectivity index (χ1v) is 8.33. The molecular weight excluding hydrogens is 292 g/mol. The summed E-state index contributed by atoms with van der Waals surface area (Å²) in [5.74, 6) is 0.598. The molecule has 1 fully saturated rings. The SMILES string of the molecule is COc1cccc(OC)c1S(=O)(=O)N1CCNC(C)C1C. The van der Waals surface area contributed by atoms with Crippen LogP contribution in [0.3, 0.4) is 0 Å². The standard InChI is InChI=1S/C14H22N2O4S/c1-10-11(2)16(9-8-15-10)21(17,18)14-12(19-3)6-5-7-13(14)20-4/h5-7,10-11,15H,8-9H2,1-4H3. The van der Waals surface area contributed by atoms with Crippen LogP contribution in [0.25, 0.3) is 0 Å². The van der Waals surface area contributed by atoms with Crippen LogP contribution in [0, 0.1) is 0 Å². The van der Waals surface area contributed by atoms with E-state index in [2.05, 4.69) is 5.32 Å². The van der Waals surface area contributed by atoms with Crippen molar-refractivity contribution in [2.45, 2.75) is 30.8 Å². The first-order chi connectivity index (χ1) is 9.93. The van der Waals surface area contributed by atoms with Crippen LogP contribution in [0.15, 0.2) is 23.1 Å². The molecule has 0 aliphatic carbocycles. The largest absolute Gasteiger partial charge is 0.495 e. The maximum absolute atomic E-state index is 13.0. The van der Waals surface area contributed by atoms with Crippen LogP contribution < -0.4 is 14.8 Å². The van der Waals surface area contributed by atoms with Crippen molar-refractivity contribution in [3.63, 3.8) is 0 Å². The first kappa shape index (κ1) is 16.1. The quantitative estimate of drug-likeness (QED) is 0.900. The number of hydrogen-bond donors (Lipinski definition) is 1. The van der Waals surface area contributed by atoms with E-state index in [1.54, 1.807) is 18.2 Å². The normalized spacial score (nSPS) is 23.8. The number of methoxy groups -OCH3 is 2. The predicted molar refractivity (Wildman–Crippen MR) is 80.4 cm³/mol. The van der Waals surface area contributed by atoms with E-state index in [9.17, 15) is 8.42 Å². The number of ether oxygens (including phenoxy) is 2. The van der Waals surface area contributed by atoms with Crippen molar-refractivity contribution in [2.24, 2.45) is 0 Å². The second-order valence-electron chi connectivity index (χ2n) is 5.09. The molecule has 1 aliphatic heterocycles. The summed E-state index contributed by atoms with van der Waals surface area (Å²) in [5, 5.41) is 3.27. The average Bonchev–Trinajstić information content (AvgIpc) is 2.48. The minimum Gasteiger partial charge on any atom is -0.495 e. The van der Waals surface area contributed by atoms with Gasteiger partial charge in [0.15, 0.2) is 4.90 Å². The Morgan fingerprint density at radius 3 is 2.29 bits per heavy atom. The molecule has 0 radical (unpaired) electrons. The van der Waals surface area contributed by atoms with Crippen molar-refractivity contribution in [1.29, 1.82) is 0 Å². The highest BCUT2D eigenvalue weighted by molar-refractivity contribution is 7.89. The van der Waals surface area contributed by atoms with Crippen molar-refractivity contribution in [3.8, 4) is 11.5 Å². The maximum atomic E-state index is 13.0. The van der Waals surface area contributed by atoms with Gasteiger partial charge < -0.3 is 14.8 Å². The van der Waals surface area contributed by atoms with Gasteiger partial charge in [-0.2, -0.15) is 4.31 Å². The third kappa shape index (κ3) is 2.86. The lowest BCUT2D eigenvalue weighted by atomic mass is 10.1. The minimum atomic E-state index is -3.69.